The lowest BCUT2D eigenvalue weighted by molar-refractivity contribution is 0.131. The summed E-state index contributed by atoms with van der Waals surface area (Å²) in [5.74, 6) is 1.60. The van der Waals surface area contributed by atoms with Gasteiger partial charge in [0, 0.05) is 38.3 Å². The molecule has 132 valence electrons. The summed E-state index contributed by atoms with van der Waals surface area (Å²) < 4.78 is 10.7. The first-order chi connectivity index (χ1) is 12.3. The molecular formula is C20H25N3O2. The average Bonchev–Trinajstić information content (AvgIpc) is 2.68. The summed E-state index contributed by atoms with van der Waals surface area (Å²) in [5.41, 5.74) is 2.29. The maximum atomic E-state index is 5.39. The first-order valence-corrected chi connectivity index (χ1v) is 8.56. The fourth-order valence-corrected chi connectivity index (χ4v) is 2.94. The first-order valence-electron chi connectivity index (χ1n) is 8.56. The molecule has 0 aliphatic carbocycles. The van der Waals surface area contributed by atoms with Crippen LogP contribution in [0.5, 0.6) is 11.5 Å². The largest absolute Gasteiger partial charge is 0.497 e. The van der Waals surface area contributed by atoms with Crippen LogP contribution in [0.3, 0.4) is 0 Å². The highest BCUT2D eigenvalue weighted by molar-refractivity contribution is 5.84. The van der Waals surface area contributed by atoms with Gasteiger partial charge in [-0.15, -0.1) is 0 Å². The highest BCUT2D eigenvalue weighted by Crippen LogP contribution is 2.22. The van der Waals surface area contributed by atoms with Crippen LogP contribution in [0.4, 0.5) is 0 Å². The number of hydrazone groups is 1. The lowest BCUT2D eigenvalue weighted by atomic mass is 10.2. The quantitative estimate of drug-likeness (QED) is 0.759. The third-order valence-corrected chi connectivity index (χ3v) is 4.39. The molecule has 3 rings (SSSR count). The Labute approximate surface area is 149 Å². The summed E-state index contributed by atoms with van der Waals surface area (Å²) in [4.78, 5) is 2.47. The van der Waals surface area contributed by atoms with E-state index in [1.807, 2.05) is 24.4 Å². The van der Waals surface area contributed by atoms with Crippen molar-refractivity contribution in [2.24, 2.45) is 5.10 Å². The van der Waals surface area contributed by atoms with Crippen LogP contribution in [0.15, 0.2) is 53.6 Å². The van der Waals surface area contributed by atoms with Crippen LogP contribution in [-0.2, 0) is 6.54 Å². The van der Waals surface area contributed by atoms with Gasteiger partial charge in [-0.25, -0.2) is 0 Å². The Hall–Kier alpha value is -2.53. The number of hydrogen-bond acceptors (Lipinski definition) is 5. The summed E-state index contributed by atoms with van der Waals surface area (Å²) in [6.07, 6.45) is 1.86. The summed E-state index contributed by atoms with van der Waals surface area (Å²) in [5, 5.41) is 6.74. The maximum absolute atomic E-state index is 5.39. The van der Waals surface area contributed by atoms with Gasteiger partial charge in [-0.1, -0.05) is 30.3 Å². The second-order valence-corrected chi connectivity index (χ2v) is 6.07. The van der Waals surface area contributed by atoms with Crippen LogP contribution < -0.4 is 9.47 Å². The lowest BCUT2D eigenvalue weighted by Crippen LogP contribution is -2.43. The van der Waals surface area contributed by atoms with Gasteiger partial charge >= 0.3 is 0 Å². The topological polar surface area (TPSA) is 37.3 Å². The van der Waals surface area contributed by atoms with Crippen LogP contribution in [-0.4, -0.2) is 56.5 Å². The van der Waals surface area contributed by atoms with Gasteiger partial charge in [0.2, 0.25) is 0 Å². The zero-order chi connectivity index (χ0) is 17.5. The monoisotopic (exact) mass is 339 g/mol. The van der Waals surface area contributed by atoms with Crippen molar-refractivity contribution >= 4 is 6.21 Å². The Bertz CT molecular complexity index is 695. The Morgan fingerprint density at radius 3 is 2.40 bits per heavy atom. The van der Waals surface area contributed by atoms with Crippen LogP contribution in [0.1, 0.15) is 11.1 Å². The van der Waals surface area contributed by atoms with Crippen molar-refractivity contribution in [1.82, 2.24) is 9.91 Å². The van der Waals surface area contributed by atoms with Crippen molar-refractivity contribution in [3.63, 3.8) is 0 Å². The minimum Gasteiger partial charge on any atom is -0.497 e. The molecule has 1 aliphatic rings. The second-order valence-electron chi connectivity index (χ2n) is 6.07. The molecule has 0 radical (unpaired) electrons. The molecule has 0 atom stereocenters. The van der Waals surface area contributed by atoms with Gasteiger partial charge in [-0.05, 0) is 23.8 Å². The third kappa shape index (κ3) is 4.73. The molecule has 0 spiro atoms. The molecule has 0 unspecified atom stereocenters. The summed E-state index contributed by atoms with van der Waals surface area (Å²) in [6.45, 7) is 4.89. The number of ether oxygens (including phenoxy) is 2. The van der Waals surface area contributed by atoms with Crippen LogP contribution in [0.25, 0.3) is 0 Å². The van der Waals surface area contributed by atoms with Gasteiger partial charge in [0.1, 0.15) is 11.5 Å². The van der Waals surface area contributed by atoms with Gasteiger partial charge in [0.25, 0.3) is 0 Å². The predicted molar refractivity (Wildman–Crippen MR) is 100 cm³/mol. The number of piperazine rings is 1. The molecule has 0 amide bonds. The van der Waals surface area contributed by atoms with E-state index < -0.39 is 0 Å². The Morgan fingerprint density at radius 2 is 1.72 bits per heavy atom. The highest BCUT2D eigenvalue weighted by Gasteiger charge is 2.15. The predicted octanol–water partition coefficient (Wildman–Crippen LogP) is 2.86. The van der Waals surface area contributed by atoms with Gasteiger partial charge in [0.15, 0.2) is 0 Å². The normalized spacial score (nSPS) is 15.5. The summed E-state index contributed by atoms with van der Waals surface area (Å²) >= 11 is 0. The molecule has 0 aromatic heterocycles. The van der Waals surface area contributed by atoms with E-state index in [1.165, 1.54) is 5.56 Å². The average molecular weight is 339 g/mol. The summed E-state index contributed by atoms with van der Waals surface area (Å²) in [6, 6.07) is 16.3. The van der Waals surface area contributed by atoms with E-state index in [4.69, 9.17) is 9.47 Å². The third-order valence-electron chi connectivity index (χ3n) is 4.39. The minimum atomic E-state index is 0.798. The lowest BCUT2D eigenvalue weighted by Gasteiger charge is -2.33. The van der Waals surface area contributed by atoms with Crippen molar-refractivity contribution in [3.05, 3.63) is 59.7 Å². The van der Waals surface area contributed by atoms with Crippen molar-refractivity contribution in [2.75, 3.05) is 40.4 Å². The van der Waals surface area contributed by atoms with Crippen molar-refractivity contribution in [2.45, 2.75) is 6.54 Å². The number of nitrogens with zero attached hydrogens (tertiary/aromatic N) is 3. The minimum absolute atomic E-state index is 0.798. The molecule has 1 fully saturated rings. The van der Waals surface area contributed by atoms with E-state index in [0.717, 1.165) is 49.8 Å². The number of benzene rings is 2. The van der Waals surface area contributed by atoms with Gasteiger partial charge in [-0.2, -0.15) is 5.10 Å². The molecule has 5 nitrogen and oxygen atoms in total. The highest BCUT2D eigenvalue weighted by atomic mass is 16.5. The molecule has 2 aromatic rings. The molecule has 0 saturated carbocycles. The fourth-order valence-electron chi connectivity index (χ4n) is 2.94. The molecule has 1 saturated heterocycles. The number of hydrogen-bond donors (Lipinski definition) is 0. The Kier molecular flexibility index (Phi) is 5.90. The maximum Gasteiger partial charge on any atom is 0.127 e. The second kappa shape index (κ2) is 8.53. The molecule has 0 bridgehead atoms. The van der Waals surface area contributed by atoms with Crippen molar-refractivity contribution in [1.29, 1.82) is 0 Å². The van der Waals surface area contributed by atoms with Gasteiger partial charge in [0.05, 0.1) is 20.4 Å². The van der Waals surface area contributed by atoms with Crippen LogP contribution in [0.2, 0.25) is 0 Å². The molecule has 0 N–H and O–H groups in total. The van der Waals surface area contributed by atoms with E-state index in [2.05, 4.69) is 45.3 Å². The Morgan fingerprint density at radius 1 is 0.960 bits per heavy atom. The number of methoxy groups -OCH3 is 2. The summed E-state index contributed by atoms with van der Waals surface area (Å²) in [7, 11) is 3.33. The standard InChI is InChI=1S/C20H25N3O2/c1-24-19-8-9-20(25-2)18(14-19)15-21-23-12-10-22(11-13-23)16-17-6-4-3-5-7-17/h3-9,14-15H,10-13,16H2,1-2H3. The molecule has 1 aliphatic heterocycles. The zero-order valence-electron chi connectivity index (χ0n) is 14.9. The molecule has 25 heavy (non-hydrogen) atoms. The van der Waals surface area contributed by atoms with E-state index in [1.54, 1.807) is 14.2 Å². The number of rotatable bonds is 6. The molecule has 5 heteroatoms. The SMILES string of the molecule is COc1ccc(OC)c(C=NN2CCN(Cc3ccccc3)CC2)c1. The van der Waals surface area contributed by atoms with E-state index in [0.29, 0.717) is 0 Å². The van der Waals surface area contributed by atoms with Crippen LogP contribution in [0, 0.1) is 0 Å². The van der Waals surface area contributed by atoms with Gasteiger partial charge < -0.3 is 9.47 Å². The zero-order valence-corrected chi connectivity index (χ0v) is 14.9. The first kappa shape index (κ1) is 17.3. The van der Waals surface area contributed by atoms with Crippen LogP contribution >= 0.6 is 0 Å². The van der Waals surface area contributed by atoms with E-state index in [9.17, 15) is 0 Å². The van der Waals surface area contributed by atoms with E-state index >= 15 is 0 Å². The van der Waals surface area contributed by atoms with Crippen molar-refractivity contribution in [3.8, 4) is 11.5 Å². The smallest absolute Gasteiger partial charge is 0.127 e. The Balaban J connectivity index is 1.56. The fraction of sp³-hybridized carbons (Fsp3) is 0.350. The molecular weight excluding hydrogens is 314 g/mol. The van der Waals surface area contributed by atoms with Crippen molar-refractivity contribution < 1.29 is 9.47 Å². The van der Waals surface area contributed by atoms with Gasteiger partial charge in [-0.3, -0.25) is 9.91 Å². The van der Waals surface area contributed by atoms with E-state index in [-0.39, 0.29) is 0 Å². The molecule has 2 aromatic carbocycles. The molecule has 1 heterocycles.